The van der Waals surface area contributed by atoms with Crippen LogP contribution in [0, 0.1) is 6.92 Å². The molecule has 6 nitrogen and oxygen atoms in total. The molecule has 26 heavy (non-hydrogen) atoms. The summed E-state index contributed by atoms with van der Waals surface area (Å²) in [5.41, 5.74) is 2.33. The van der Waals surface area contributed by atoms with Crippen LogP contribution in [-0.4, -0.2) is 40.0 Å². The standard InChI is InChI=1S/C20H23N3O3/c1-14-5-8-18(22-21-14)23-11-9-20(10-12-23,19(24)25)26-17-7-6-15-3-2-4-16(15)13-17/h5-8,13H,2-4,9-12H2,1H3,(H,24,25). The van der Waals surface area contributed by atoms with Gasteiger partial charge in [-0.3, -0.25) is 0 Å². The highest BCUT2D eigenvalue weighted by Gasteiger charge is 2.44. The van der Waals surface area contributed by atoms with Crippen molar-refractivity contribution in [2.24, 2.45) is 0 Å². The summed E-state index contributed by atoms with van der Waals surface area (Å²) in [4.78, 5) is 14.1. The SMILES string of the molecule is Cc1ccc(N2CCC(Oc3ccc4c(c3)CCC4)(C(=O)O)CC2)nn1. The lowest BCUT2D eigenvalue weighted by atomic mass is 9.91. The lowest BCUT2D eigenvalue weighted by molar-refractivity contribution is -0.157. The fraction of sp³-hybridized carbons (Fsp3) is 0.450. The molecule has 1 saturated heterocycles. The molecular formula is C20H23N3O3. The second-order valence-corrected chi connectivity index (χ2v) is 7.21. The predicted octanol–water partition coefficient (Wildman–Crippen LogP) is 2.78. The number of piperidine rings is 1. The molecule has 1 N–H and O–H groups in total. The minimum atomic E-state index is -1.18. The molecule has 6 heteroatoms. The number of ether oxygens (including phenoxy) is 1. The van der Waals surface area contributed by atoms with Crippen molar-refractivity contribution in [3.8, 4) is 5.75 Å². The summed E-state index contributed by atoms with van der Waals surface area (Å²) in [7, 11) is 0. The highest BCUT2D eigenvalue weighted by Crippen LogP contribution is 2.33. The first-order valence-corrected chi connectivity index (χ1v) is 9.15. The molecular weight excluding hydrogens is 330 g/mol. The molecule has 1 aromatic carbocycles. The Labute approximate surface area is 152 Å². The summed E-state index contributed by atoms with van der Waals surface area (Å²) >= 11 is 0. The quantitative estimate of drug-likeness (QED) is 0.911. The molecule has 136 valence electrons. The number of rotatable bonds is 4. The monoisotopic (exact) mass is 353 g/mol. The van der Waals surface area contributed by atoms with Crippen LogP contribution in [0.4, 0.5) is 5.82 Å². The molecule has 0 radical (unpaired) electrons. The van der Waals surface area contributed by atoms with Gasteiger partial charge in [0, 0.05) is 25.9 Å². The number of anilines is 1. The van der Waals surface area contributed by atoms with Crippen molar-refractivity contribution < 1.29 is 14.6 Å². The van der Waals surface area contributed by atoms with Crippen LogP contribution in [0.2, 0.25) is 0 Å². The molecule has 4 rings (SSSR count). The molecule has 1 fully saturated rings. The molecule has 0 spiro atoms. The van der Waals surface area contributed by atoms with Crippen LogP contribution in [0.5, 0.6) is 5.75 Å². The van der Waals surface area contributed by atoms with Gasteiger partial charge in [-0.05, 0) is 61.6 Å². The summed E-state index contributed by atoms with van der Waals surface area (Å²) in [6.07, 6.45) is 4.14. The molecule has 0 bridgehead atoms. The van der Waals surface area contributed by atoms with Gasteiger partial charge in [0.25, 0.3) is 0 Å². The zero-order valence-electron chi connectivity index (χ0n) is 14.9. The van der Waals surface area contributed by atoms with Crippen LogP contribution >= 0.6 is 0 Å². The average Bonchev–Trinajstić information content (AvgIpc) is 3.11. The Morgan fingerprint density at radius 2 is 1.88 bits per heavy atom. The van der Waals surface area contributed by atoms with Gasteiger partial charge in [0.05, 0.1) is 5.69 Å². The van der Waals surface area contributed by atoms with E-state index in [-0.39, 0.29) is 0 Å². The number of fused-ring (bicyclic) bond motifs is 1. The average molecular weight is 353 g/mol. The number of aliphatic carboxylic acids is 1. The largest absolute Gasteiger partial charge is 0.478 e. The highest BCUT2D eigenvalue weighted by molar-refractivity contribution is 5.78. The molecule has 0 saturated carbocycles. The first kappa shape index (κ1) is 16.8. The van der Waals surface area contributed by atoms with Crippen LogP contribution in [0.1, 0.15) is 36.1 Å². The number of benzene rings is 1. The smallest absolute Gasteiger partial charge is 0.348 e. The van der Waals surface area contributed by atoms with Gasteiger partial charge in [-0.15, -0.1) is 5.10 Å². The Morgan fingerprint density at radius 1 is 1.12 bits per heavy atom. The highest BCUT2D eigenvalue weighted by atomic mass is 16.5. The van der Waals surface area contributed by atoms with Crippen molar-refractivity contribution in [1.29, 1.82) is 0 Å². The van der Waals surface area contributed by atoms with Gasteiger partial charge in [-0.25, -0.2) is 4.79 Å². The van der Waals surface area contributed by atoms with Gasteiger partial charge in [0.2, 0.25) is 5.60 Å². The van der Waals surface area contributed by atoms with E-state index in [9.17, 15) is 9.90 Å². The third-order valence-electron chi connectivity index (χ3n) is 5.45. The third-order valence-corrected chi connectivity index (χ3v) is 5.45. The summed E-state index contributed by atoms with van der Waals surface area (Å²) < 4.78 is 6.07. The molecule has 2 heterocycles. The number of nitrogens with zero attached hydrogens (tertiary/aromatic N) is 3. The van der Waals surface area contributed by atoms with Crippen molar-refractivity contribution in [3.05, 3.63) is 47.2 Å². The fourth-order valence-electron chi connectivity index (χ4n) is 3.85. The lowest BCUT2D eigenvalue weighted by Gasteiger charge is -2.39. The van der Waals surface area contributed by atoms with Gasteiger partial charge < -0.3 is 14.7 Å². The summed E-state index contributed by atoms with van der Waals surface area (Å²) in [5.74, 6) is 0.552. The van der Waals surface area contributed by atoms with E-state index >= 15 is 0 Å². The Balaban J connectivity index is 1.50. The van der Waals surface area contributed by atoms with E-state index in [2.05, 4.69) is 21.2 Å². The van der Waals surface area contributed by atoms with Crippen LogP contribution in [0.15, 0.2) is 30.3 Å². The molecule has 0 atom stereocenters. The Kier molecular flexibility index (Phi) is 4.26. The van der Waals surface area contributed by atoms with Crippen LogP contribution in [0.25, 0.3) is 0 Å². The zero-order valence-corrected chi connectivity index (χ0v) is 14.9. The maximum atomic E-state index is 12.0. The van der Waals surface area contributed by atoms with Crippen LogP contribution < -0.4 is 9.64 Å². The Hall–Kier alpha value is -2.63. The number of carboxylic acid groups (broad SMARTS) is 1. The van der Waals surface area contributed by atoms with Crippen LogP contribution in [0.3, 0.4) is 0 Å². The summed E-state index contributed by atoms with van der Waals surface area (Å²) in [6, 6.07) is 9.85. The van der Waals surface area contributed by atoms with E-state index in [1.807, 2.05) is 31.2 Å². The van der Waals surface area contributed by atoms with Gasteiger partial charge >= 0.3 is 5.97 Å². The molecule has 1 aliphatic heterocycles. The maximum Gasteiger partial charge on any atom is 0.348 e. The van der Waals surface area contributed by atoms with Gasteiger partial charge in [0.1, 0.15) is 5.75 Å². The maximum absolute atomic E-state index is 12.0. The number of carboxylic acids is 1. The number of carbonyl (C=O) groups is 1. The van der Waals surface area contributed by atoms with E-state index in [0.717, 1.165) is 30.8 Å². The normalized spacial score (nSPS) is 18.4. The third kappa shape index (κ3) is 3.11. The van der Waals surface area contributed by atoms with Crippen molar-refractivity contribution in [2.75, 3.05) is 18.0 Å². The van der Waals surface area contributed by atoms with E-state index in [1.165, 1.54) is 11.1 Å². The van der Waals surface area contributed by atoms with Crippen molar-refractivity contribution in [2.45, 2.75) is 44.6 Å². The molecule has 1 aliphatic carbocycles. The van der Waals surface area contributed by atoms with Gasteiger partial charge in [0.15, 0.2) is 5.82 Å². The van der Waals surface area contributed by atoms with Crippen molar-refractivity contribution in [3.63, 3.8) is 0 Å². The second-order valence-electron chi connectivity index (χ2n) is 7.21. The molecule has 2 aromatic rings. The van der Waals surface area contributed by atoms with E-state index < -0.39 is 11.6 Å². The van der Waals surface area contributed by atoms with Crippen LogP contribution in [-0.2, 0) is 17.6 Å². The van der Waals surface area contributed by atoms with Crippen molar-refractivity contribution in [1.82, 2.24) is 10.2 Å². The Bertz CT molecular complexity index is 812. The van der Waals surface area contributed by atoms with E-state index in [4.69, 9.17) is 4.74 Å². The van der Waals surface area contributed by atoms with E-state index in [0.29, 0.717) is 31.7 Å². The first-order valence-electron chi connectivity index (χ1n) is 9.15. The molecule has 1 aromatic heterocycles. The number of aromatic nitrogens is 2. The number of aryl methyl sites for hydroxylation is 3. The molecule has 0 amide bonds. The minimum Gasteiger partial charge on any atom is -0.478 e. The van der Waals surface area contributed by atoms with E-state index in [1.54, 1.807) is 0 Å². The second kappa shape index (κ2) is 6.59. The molecule has 2 aliphatic rings. The van der Waals surface area contributed by atoms with Gasteiger partial charge in [-0.1, -0.05) is 6.07 Å². The van der Waals surface area contributed by atoms with Gasteiger partial charge in [-0.2, -0.15) is 5.10 Å². The predicted molar refractivity (Wildman–Crippen MR) is 97.7 cm³/mol. The fourth-order valence-corrected chi connectivity index (χ4v) is 3.85. The summed E-state index contributed by atoms with van der Waals surface area (Å²) in [6.45, 7) is 3.05. The summed E-state index contributed by atoms with van der Waals surface area (Å²) in [5, 5.41) is 18.2. The zero-order chi connectivity index (χ0) is 18.1. The minimum absolute atomic E-state index is 0.412. The lowest BCUT2D eigenvalue weighted by Crippen LogP contribution is -2.53. The molecule has 0 unspecified atom stereocenters. The topological polar surface area (TPSA) is 75.5 Å². The number of hydrogen-bond acceptors (Lipinski definition) is 5. The van der Waals surface area contributed by atoms with Crippen molar-refractivity contribution >= 4 is 11.8 Å². The first-order chi connectivity index (χ1) is 12.6. The number of hydrogen-bond donors (Lipinski definition) is 1. The Morgan fingerprint density at radius 3 is 2.58 bits per heavy atom.